The summed E-state index contributed by atoms with van der Waals surface area (Å²) in [4.78, 5) is 49.7. The summed E-state index contributed by atoms with van der Waals surface area (Å²) in [5.41, 5.74) is 3.83. The van der Waals surface area contributed by atoms with Crippen LogP contribution in [0, 0.1) is 23.7 Å². The monoisotopic (exact) mass is 2110 g/mol. The van der Waals surface area contributed by atoms with Crippen molar-refractivity contribution in [3.05, 3.63) is 0 Å². The number of carboxylic acids is 3. The molecule has 0 saturated carbocycles. The second-order valence-electron chi connectivity index (χ2n) is 32.6. The molecule has 880 valence electrons. The Bertz CT molecular complexity index is 2160. The molecule has 41 nitrogen and oxygen atoms in total. The van der Waals surface area contributed by atoms with Gasteiger partial charge in [0.25, 0.3) is 0 Å². The van der Waals surface area contributed by atoms with Crippen LogP contribution in [-0.4, -0.2) is 401 Å². The van der Waals surface area contributed by atoms with Crippen LogP contribution in [0.2, 0.25) is 0 Å². The number of carbonyl (C=O) groups excluding carboxylic acids is 2. The Hall–Kier alpha value is -3.86. The van der Waals surface area contributed by atoms with Crippen molar-refractivity contribution in [3.63, 3.8) is 0 Å². The first-order valence-corrected chi connectivity index (χ1v) is 52.6. The van der Waals surface area contributed by atoms with Crippen LogP contribution < -0.4 is 16.2 Å². The minimum atomic E-state index is -3.17. The molecule has 0 radical (unpaired) electrons. The van der Waals surface area contributed by atoms with Crippen LogP contribution in [0.3, 0.4) is 0 Å². The second kappa shape index (κ2) is 160. The van der Waals surface area contributed by atoms with Crippen molar-refractivity contribution in [2.75, 3.05) is 168 Å². The van der Waals surface area contributed by atoms with E-state index in [0.29, 0.717) is 70.7 Å². The van der Waals surface area contributed by atoms with Crippen LogP contribution in [-0.2, 0) is 67.2 Å². The number of sulfonamides is 1. The molecule has 0 aromatic rings. The first-order valence-electron chi connectivity index (χ1n) is 50.9. The molecule has 142 heavy (non-hydrogen) atoms. The molecule has 0 bridgehead atoms. The van der Waals surface area contributed by atoms with E-state index in [0.717, 1.165) is 161 Å². The van der Waals surface area contributed by atoms with E-state index >= 15 is 0 Å². The molecule has 0 heterocycles. The van der Waals surface area contributed by atoms with E-state index in [-0.39, 0.29) is 152 Å². The number of unbranched alkanes of at least 4 members (excludes halogenated alkanes) is 3. The number of carboxylic acid groups (broad SMARTS) is 3. The number of aliphatic hydroxyl groups is 21. The van der Waals surface area contributed by atoms with E-state index in [2.05, 4.69) is 50.2 Å². The highest BCUT2D eigenvalue weighted by atomic mass is 32.2. The van der Waals surface area contributed by atoms with E-state index in [4.69, 9.17) is 143 Å². The molecule has 0 aromatic carbocycles. The average Bonchev–Trinajstić information content (AvgIpc) is 0.923. The van der Waals surface area contributed by atoms with Crippen molar-refractivity contribution in [3.8, 4) is 0 Å². The number of aliphatic hydroxyl groups excluding tert-OH is 20. The minimum absolute atomic E-state index is 0.0417. The number of primary amides is 1. The number of carbonyl (C=O) groups is 5. The molecule has 2 amide bonds. The van der Waals surface area contributed by atoms with Gasteiger partial charge < -0.3 is 167 Å². The molecule has 0 saturated heterocycles. The van der Waals surface area contributed by atoms with Gasteiger partial charge in [-0.05, 0) is 129 Å². The van der Waals surface area contributed by atoms with Crippen LogP contribution in [0.5, 0.6) is 0 Å². The number of aliphatic carboxylic acids is 3. The zero-order valence-electron chi connectivity index (χ0n) is 94.5. The Kier molecular flexibility index (Phi) is 206. The van der Waals surface area contributed by atoms with Gasteiger partial charge in [0.15, 0.2) is 12.2 Å². The third-order valence-corrected chi connectivity index (χ3v) is 19.0. The van der Waals surface area contributed by atoms with Gasteiger partial charge in [0.05, 0.1) is 126 Å². The first-order chi connectivity index (χ1) is 66.7. The quantitative estimate of drug-likeness (QED) is 0.0271. The van der Waals surface area contributed by atoms with Gasteiger partial charge in [-0.15, -0.1) is 0 Å². The summed E-state index contributed by atoms with van der Waals surface area (Å²) in [6.45, 7) is 45.1. The molecule has 0 fully saturated rings. The van der Waals surface area contributed by atoms with Gasteiger partial charge in [0.2, 0.25) is 21.8 Å². The summed E-state index contributed by atoms with van der Waals surface area (Å²) in [5.74, 6) is -1.90. The Morgan fingerprint density at radius 3 is 0.711 bits per heavy atom. The van der Waals surface area contributed by atoms with Crippen LogP contribution in [0.1, 0.15) is 358 Å². The van der Waals surface area contributed by atoms with E-state index in [9.17, 15) is 32.4 Å². The Balaban J connectivity index is -0.0000000662. The fourth-order valence-corrected chi connectivity index (χ4v) is 8.74. The zero-order valence-corrected chi connectivity index (χ0v) is 95.3. The van der Waals surface area contributed by atoms with E-state index in [1.807, 2.05) is 96.9 Å². The van der Waals surface area contributed by atoms with E-state index in [1.54, 1.807) is 63.2 Å². The molecule has 0 spiro atoms. The van der Waals surface area contributed by atoms with Crippen molar-refractivity contribution in [1.29, 1.82) is 0 Å². The molecule has 0 aliphatic heterocycles. The summed E-state index contributed by atoms with van der Waals surface area (Å²) >= 11 is 0. The van der Waals surface area contributed by atoms with Crippen molar-refractivity contribution in [1.82, 2.24) is 5.32 Å². The molecule has 0 rings (SSSR count). The van der Waals surface area contributed by atoms with Crippen molar-refractivity contribution < 1.29 is 188 Å². The van der Waals surface area contributed by atoms with Gasteiger partial charge in [-0.3, -0.25) is 14.4 Å². The number of hydrogen-bond acceptors (Lipinski definition) is 35. The molecule has 42 heteroatoms. The number of amides is 2. The number of ether oxygens (including phenoxy) is 7. The smallest absolute Gasteiger partial charge is 0.332 e. The third kappa shape index (κ3) is 213. The molecule has 12 atom stereocenters. The highest BCUT2D eigenvalue weighted by Gasteiger charge is 2.23. The fraction of sp³-hybridized carbons (Fsp3) is 0.950. The lowest BCUT2D eigenvalue weighted by molar-refractivity contribution is -0.149. The molecule has 2 unspecified atom stereocenters. The summed E-state index contributed by atoms with van der Waals surface area (Å²) in [7, 11) is 7.67. The second-order valence-corrected chi connectivity index (χ2v) is 34.3. The maximum Gasteiger partial charge on any atom is 0.332 e. The molecule has 29 N–H and O–H groups in total. The van der Waals surface area contributed by atoms with Gasteiger partial charge in [0.1, 0.15) is 0 Å². The minimum Gasteiger partial charge on any atom is -0.481 e. The Morgan fingerprint density at radius 2 is 0.620 bits per heavy atom. The topological polar surface area (TPSA) is 734 Å². The lowest BCUT2D eigenvalue weighted by Crippen LogP contribution is -2.35. The van der Waals surface area contributed by atoms with Crippen molar-refractivity contribution in [2.24, 2.45) is 34.5 Å². The molecule has 0 aliphatic carbocycles. The van der Waals surface area contributed by atoms with Gasteiger partial charge in [0, 0.05) is 146 Å². The first kappa shape index (κ1) is 183. The van der Waals surface area contributed by atoms with E-state index < -0.39 is 76.3 Å². The number of nitrogens with two attached hydrogens (primary N) is 2. The van der Waals surface area contributed by atoms with Gasteiger partial charge in [-0.25, -0.2) is 23.1 Å². The summed E-state index contributed by atoms with van der Waals surface area (Å²) in [6, 6.07) is 0. The van der Waals surface area contributed by atoms with Crippen LogP contribution >= 0.6 is 0 Å². The third-order valence-electron chi connectivity index (χ3n) is 18.1. The molecular formula is C100H231N3O38S. The Labute approximate surface area is 862 Å². The van der Waals surface area contributed by atoms with Crippen molar-refractivity contribution in [2.45, 2.75) is 431 Å². The highest BCUT2D eigenvalue weighted by Crippen LogP contribution is 2.13. The van der Waals surface area contributed by atoms with Crippen LogP contribution in [0.4, 0.5) is 0 Å². The largest absolute Gasteiger partial charge is 0.481 e. The molecule has 0 aliphatic rings. The summed E-state index contributed by atoms with van der Waals surface area (Å²) < 4.78 is 53.0. The number of hydrogen-bond donors (Lipinski definition) is 27. The lowest BCUT2D eigenvalue weighted by Gasteiger charge is -2.23. The van der Waals surface area contributed by atoms with Gasteiger partial charge in [-0.1, -0.05) is 209 Å². The van der Waals surface area contributed by atoms with Crippen molar-refractivity contribution >= 4 is 39.7 Å². The van der Waals surface area contributed by atoms with E-state index in [1.165, 1.54) is 21.1 Å². The van der Waals surface area contributed by atoms with Crippen LogP contribution in [0.15, 0.2) is 0 Å². The zero-order chi connectivity index (χ0) is 116. The summed E-state index contributed by atoms with van der Waals surface area (Å²) in [6.07, 6.45) is 22.6. The Morgan fingerprint density at radius 1 is 0.331 bits per heavy atom. The lowest BCUT2D eigenvalue weighted by atomic mass is 9.98. The standard InChI is InChI=1S/2C7H16O2.2C6H12O3.4C6H14O2.C5H11NO.7C5H12O2.C4H9NO.C3H9NO2S.C3H6O2/c1-4-5-6(8)7(2,3)9;1-2-3-4-7(5-8)6-9;2*1-3-4-5(9-2)6(7)8;1-3-6(4-7)5-8-2;1-2-3-6(4-7)5-8;2*1-2-3-4-6(8)5-7;1-3-4-6-5(2)7;2*1-3-5(6)4-7-2;2*1-3-5(4-6)7-2;1-2-5(3-6)4-7;2*1-2-3-5(7)4-6;1-2-3-4(5)6;1-2-3-7(4,5)6;1-2-3(4)5/h6,8-9H,4-5H2,1-3H3;7-9H,2-6H2,1H3;2*5H,3-4H2,1-2H3,(H,7,8);6-7H,3-5H2,1-2H3;3*6-8H,2-5H2,1H3;3-4H2,1-2H3,(H,6,7);4*5-6H,3-4H2,1-2H3;3*5-7H,2-4H2,1H3;2-3H2,1H3,(H2,5,6);2-3H2,1H3,(H2,4,5,6);2H2,1H3,(H,4,5)/t;;2*5-;;;2*6-;;4*5-;;2*5-;;;/m..10..10.1010.10.../s1. The number of rotatable bonds is 60. The maximum atomic E-state index is 10.2. The normalized spacial score (nSPS) is 12.5. The van der Waals surface area contributed by atoms with Crippen LogP contribution in [0.25, 0.3) is 0 Å². The highest BCUT2D eigenvalue weighted by molar-refractivity contribution is 7.89. The summed E-state index contributed by atoms with van der Waals surface area (Å²) in [5, 5.41) is 212. The van der Waals surface area contributed by atoms with Gasteiger partial charge in [-0.2, -0.15) is 0 Å². The number of nitrogens with one attached hydrogen (secondary N) is 1. The predicted octanol–water partition coefficient (Wildman–Crippen LogP) is 8.43. The number of methoxy groups -OCH3 is 7. The SMILES string of the molecule is CCC(=O)O.CCC(CO)CO.CCC(CO)COC.CCCC(CO)CO.CCCC(N)=O.CCCC(O)C(C)(C)O.CCCCC(CO)CO.CCCC[C@@H](O)CO.CCCC[C@H](O)CO.CCCNC(C)=O.CCCS(N)(=O)=O.CCC[C@@H](O)CO.CCC[C@@H](OC)C(=O)O.CCC[C@H](O)CO.CCC[C@H](OC)C(=O)O.CC[C@@H](CO)OC.CC[C@@H](O)COC.CC[C@H](CO)OC.CC[C@H](O)COC. The fourth-order valence-electron chi connectivity index (χ4n) is 8.17. The number of primary sulfonamides is 1. The van der Waals surface area contributed by atoms with Gasteiger partial charge >= 0.3 is 17.9 Å². The average molecular weight is 2120 g/mol. The molecule has 0 aromatic heterocycles. The maximum absolute atomic E-state index is 10.2. The predicted molar refractivity (Wildman–Crippen MR) is 568 cm³/mol. The molecular weight excluding hydrogens is 1880 g/mol.